The van der Waals surface area contributed by atoms with E-state index in [2.05, 4.69) is 33.0 Å². The Morgan fingerprint density at radius 2 is 2.00 bits per heavy atom. The predicted octanol–water partition coefficient (Wildman–Crippen LogP) is 4.24. The van der Waals surface area contributed by atoms with Crippen LogP contribution in [0.1, 0.15) is 39.3 Å². The van der Waals surface area contributed by atoms with Gasteiger partial charge in [0, 0.05) is 16.7 Å². The van der Waals surface area contributed by atoms with E-state index in [0.717, 1.165) is 17.9 Å². The highest BCUT2D eigenvalue weighted by molar-refractivity contribution is 7.99. The van der Waals surface area contributed by atoms with E-state index >= 15 is 0 Å². The van der Waals surface area contributed by atoms with Crippen molar-refractivity contribution in [2.24, 2.45) is 5.92 Å². The Hall–Kier alpha value is -0.540. The molecule has 3 heteroatoms. The fourth-order valence-corrected chi connectivity index (χ4v) is 2.74. The number of hydrogen-bond acceptors (Lipinski definition) is 2. The minimum Gasteiger partial charge on any atom is -0.310 e. The first-order valence-corrected chi connectivity index (χ1v) is 7.18. The molecule has 0 saturated carbocycles. The van der Waals surface area contributed by atoms with E-state index in [4.69, 9.17) is 0 Å². The van der Waals surface area contributed by atoms with Crippen molar-refractivity contribution in [2.75, 3.05) is 12.3 Å². The number of nitrogens with one attached hydrogen (secondary N) is 1. The van der Waals surface area contributed by atoms with Crippen molar-refractivity contribution in [1.82, 2.24) is 5.32 Å². The van der Waals surface area contributed by atoms with Gasteiger partial charge in [-0.1, -0.05) is 20.8 Å². The summed E-state index contributed by atoms with van der Waals surface area (Å²) in [7, 11) is 0. The molecule has 17 heavy (non-hydrogen) atoms. The first-order valence-electron chi connectivity index (χ1n) is 6.20. The number of halogens is 1. The van der Waals surface area contributed by atoms with Gasteiger partial charge < -0.3 is 5.32 Å². The molecule has 1 nitrogen and oxygen atoms in total. The topological polar surface area (TPSA) is 12.0 Å². The highest BCUT2D eigenvalue weighted by Gasteiger charge is 2.11. The quantitative estimate of drug-likeness (QED) is 0.763. The Kier molecular flexibility index (Phi) is 6.00. The molecule has 1 N–H and O–H groups in total. The molecule has 0 aliphatic rings. The molecule has 1 unspecified atom stereocenters. The van der Waals surface area contributed by atoms with Gasteiger partial charge in [-0.3, -0.25) is 0 Å². The van der Waals surface area contributed by atoms with Crippen LogP contribution in [-0.4, -0.2) is 12.3 Å². The molecule has 0 spiro atoms. The highest BCUT2D eigenvalue weighted by atomic mass is 32.2. The van der Waals surface area contributed by atoms with Crippen LogP contribution in [0.4, 0.5) is 4.39 Å². The summed E-state index contributed by atoms with van der Waals surface area (Å²) in [4.78, 5) is 1.19. The van der Waals surface area contributed by atoms with Crippen LogP contribution < -0.4 is 5.32 Å². The average molecular weight is 255 g/mol. The van der Waals surface area contributed by atoms with Crippen LogP contribution in [0.25, 0.3) is 0 Å². The number of rotatable bonds is 6. The van der Waals surface area contributed by atoms with Crippen LogP contribution in [0.5, 0.6) is 0 Å². The van der Waals surface area contributed by atoms with Crippen LogP contribution in [0.2, 0.25) is 0 Å². The molecule has 1 rings (SSSR count). The SMILES string of the molecule is CCNC(C)c1cc(F)ccc1SCC(C)C. The maximum atomic E-state index is 13.3. The van der Waals surface area contributed by atoms with Gasteiger partial charge in [0.2, 0.25) is 0 Å². The standard InChI is InChI=1S/C14H22FNS/c1-5-16-11(4)13-8-12(15)6-7-14(13)17-9-10(2)3/h6-8,10-11,16H,5,9H2,1-4H3. The number of hydrogen-bond donors (Lipinski definition) is 1. The monoisotopic (exact) mass is 255 g/mol. The zero-order chi connectivity index (χ0) is 12.8. The van der Waals surface area contributed by atoms with Crippen molar-refractivity contribution in [3.05, 3.63) is 29.6 Å². The van der Waals surface area contributed by atoms with Crippen LogP contribution in [0, 0.1) is 11.7 Å². The van der Waals surface area contributed by atoms with Gasteiger partial charge in [0.05, 0.1) is 0 Å². The van der Waals surface area contributed by atoms with E-state index < -0.39 is 0 Å². The fraction of sp³-hybridized carbons (Fsp3) is 0.571. The minimum atomic E-state index is -0.154. The second-order valence-electron chi connectivity index (χ2n) is 4.67. The molecule has 0 fully saturated rings. The van der Waals surface area contributed by atoms with E-state index in [-0.39, 0.29) is 11.9 Å². The van der Waals surface area contributed by atoms with Crippen molar-refractivity contribution < 1.29 is 4.39 Å². The molecule has 0 saturated heterocycles. The van der Waals surface area contributed by atoms with E-state index in [1.807, 2.05) is 17.8 Å². The Bertz CT molecular complexity index is 352. The van der Waals surface area contributed by atoms with Crippen molar-refractivity contribution in [3.63, 3.8) is 0 Å². The van der Waals surface area contributed by atoms with Crippen molar-refractivity contribution >= 4 is 11.8 Å². The molecule has 96 valence electrons. The smallest absolute Gasteiger partial charge is 0.123 e. The molecule has 0 radical (unpaired) electrons. The first kappa shape index (κ1) is 14.5. The van der Waals surface area contributed by atoms with Gasteiger partial charge in [-0.25, -0.2) is 4.39 Å². The van der Waals surface area contributed by atoms with Gasteiger partial charge in [0.25, 0.3) is 0 Å². The summed E-state index contributed by atoms with van der Waals surface area (Å²) in [6, 6.07) is 5.29. The van der Waals surface area contributed by atoms with Crippen molar-refractivity contribution in [2.45, 2.75) is 38.6 Å². The number of thioether (sulfide) groups is 1. The lowest BCUT2D eigenvalue weighted by molar-refractivity contribution is 0.574. The van der Waals surface area contributed by atoms with Crippen molar-refractivity contribution in [3.8, 4) is 0 Å². The lowest BCUT2D eigenvalue weighted by atomic mass is 10.1. The summed E-state index contributed by atoms with van der Waals surface area (Å²) in [6.07, 6.45) is 0. The molecule has 1 aromatic rings. The molecular weight excluding hydrogens is 233 g/mol. The maximum absolute atomic E-state index is 13.3. The molecule has 1 atom stereocenters. The van der Waals surface area contributed by atoms with E-state index in [9.17, 15) is 4.39 Å². The Morgan fingerprint density at radius 3 is 2.59 bits per heavy atom. The van der Waals surface area contributed by atoms with Gasteiger partial charge in [-0.05, 0) is 43.1 Å². The molecular formula is C14H22FNS. The molecule has 0 aliphatic carbocycles. The van der Waals surface area contributed by atoms with Crippen molar-refractivity contribution in [1.29, 1.82) is 0 Å². The van der Waals surface area contributed by atoms with Crippen LogP contribution >= 0.6 is 11.8 Å². The zero-order valence-corrected chi connectivity index (χ0v) is 11.9. The third-order valence-corrected chi connectivity index (χ3v) is 4.04. The van der Waals surface area contributed by atoms with E-state index in [0.29, 0.717) is 5.92 Å². The normalized spacial score (nSPS) is 13.1. The third-order valence-electron chi connectivity index (χ3n) is 2.52. The third kappa shape index (κ3) is 4.68. The summed E-state index contributed by atoms with van der Waals surface area (Å²) >= 11 is 1.81. The van der Waals surface area contributed by atoms with Gasteiger partial charge in [0.15, 0.2) is 0 Å². The molecule has 1 aromatic carbocycles. The molecule has 0 bridgehead atoms. The highest BCUT2D eigenvalue weighted by Crippen LogP contribution is 2.29. The lowest BCUT2D eigenvalue weighted by Crippen LogP contribution is -2.18. The first-order chi connectivity index (χ1) is 8.04. The van der Waals surface area contributed by atoms with Crippen LogP contribution in [0.15, 0.2) is 23.1 Å². The zero-order valence-electron chi connectivity index (χ0n) is 11.1. The van der Waals surface area contributed by atoms with E-state index in [1.54, 1.807) is 12.1 Å². The Labute approximate surface area is 108 Å². The molecule has 0 heterocycles. The average Bonchev–Trinajstić information content (AvgIpc) is 2.27. The van der Waals surface area contributed by atoms with E-state index in [1.165, 1.54) is 4.90 Å². The molecule has 0 amide bonds. The molecule has 0 aliphatic heterocycles. The van der Waals surface area contributed by atoms with Gasteiger partial charge in [0.1, 0.15) is 5.82 Å². The lowest BCUT2D eigenvalue weighted by Gasteiger charge is -2.17. The number of benzene rings is 1. The summed E-state index contributed by atoms with van der Waals surface area (Å²) in [5.41, 5.74) is 1.07. The van der Waals surface area contributed by atoms with Crippen LogP contribution in [-0.2, 0) is 0 Å². The largest absolute Gasteiger partial charge is 0.310 e. The summed E-state index contributed by atoms with van der Waals surface area (Å²) in [6.45, 7) is 9.44. The van der Waals surface area contributed by atoms with Gasteiger partial charge in [-0.15, -0.1) is 11.8 Å². The summed E-state index contributed by atoms with van der Waals surface area (Å²) in [5, 5.41) is 3.34. The second-order valence-corrected chi connectivity index (χ2v) is 5.73. The summed E-state index contributed by atoms with van der Waals surface area (Å²) in [5.74, 6) is 1.56. The van der Waals surface area contributed by atoms with Crippen LogP contribution in [0.3, 0.4) is 0 Å². The minimum absolute atomic E-state index is 0.154. The van der Waals surface area contributed by atoms with Gasteiger partial charge >= 0.3 is 0 Å². The second kappa shape index (κ2) is 7.02. The van der Waals surface area contributed by atoms with Gasteiger partial charge in [-0.2, -0.15) is 0 Å². The Morgan fingerprint density at radius 1 is 1.29 bits per heavy atom. The summed E-state index contributed by atoms with van der Waals surface area (Å²) < 4.78 is 13.3. The molecule has 0 aromatic heterocycles. The predicted molar refractivity (Wildman–Crippen MR) is 74.1 cm³/mol. The Balaban J connectivity index is 2.87. The fourth-order valence-electron chi connectivity index (χ4n) is 1.66. The maximum Gasteiger partial charge on any atom is 0.123 e.